The zero-order chi connectivity index (χ0) is 15.4. The van der Waals surface area contributed by atoms with E-state index in [0.29, 0.717) is 24.4 Å². The van der Waals surface area contributed by atoms with E-state index >= 15 is 0 Å². The molecule has 0 aliphatic carbocycles. The monoisotopic (exact) mass is 288 g/mol. The third-order valence-electron chi connectivity index (χ3n) is 3.36. The normalized spacial score (nSPS) is 10.4. The molecule has 5 nitrogen and oxygen atoms in total. The predicted octanol–water partition coefficient (Wildman–Crippen LogP) is 2.98. The third kappa shape index (κ3) is 3.18. The van der Waals surface area contributed by atoms with Crippen LogP contribution in [0.4, 0.5) is 11.4 Å². The maximum absolute atomic E-state index is 11.9. The first kappa shape index (κ1) is 15.0. The highest BCUT2D eigenvalue weighted by Gasteiger charge is 2.16. The lowest BCUT2D eigenvalue weighted by atomic mass is 10.1. The van der Waals surface area contributed by atoms with Gasteiger partial charge in [0.25, 0.3) is 0 Å². The molecule has 0 bridgehead atoms. The summed E-state index contributed by atoms with van der Waals surface area (Å²) in [5.41, 5.74) is 8.81. The van der Waals surface area contributed by atoms with Crippen molar-refractivity contribution in [3.8, 4) is 0 Å². The number of hydrogen-bond acceptors (Lipinski definition) is 5. The van der Waals surface area contributed by atoms with Gasteiger partial charge in [0.15, 0.2) is 0 Å². The molecule has 0 saturated carbocycles. The van der Waals surface area contributed by atoms with Crippen molar-refractivity contribution >= 4 is 17.3 Å². The summed E-state index contributed by atoms with van der Waals surface area (Å²) in [4.78, 5) is 13.9. The van der Waals surface area contributed by atoms with Gasteiger partial charge in [-0.15, -0.1) is 0 Å². The van der Waals surface area contributed by atoms with Crippen LogP contribution in [0.1, 0.15) is 28.6 Å². The molecule has 0 saturated heterocycles. The Labute approximate surface area is 124 Å². The molecule has 0 spiro atoms. The van der Waals surface area contributed by atoms with Gasteiger partial charge in [-0.3, -0.25) is 0 Å². The van der Waals surface area contributed by atoms with E-state index in [-0.39, 0.29) is 0 Å². The highest BCUT2D eigenvalue weighted by atomic mass is 16.5. The molecule has 0 aliphatic rings. The smallest absolute Gasteiger partial charge is 0.340 e. The van der Waals surface area contributed by atoms with Crippen LogP contribution in [0.5, 0.6) is 0 Å². The molecule has 2 rings (SSSR count). The van der Waals surface area contributed by atoms with Crippen molar-refractivity contribution in [1.29, 1.82) is 0 Å². The van der Waals surface area contributed by atoms with Gasteiger partial charge in [-0.2, -0.15) is 0 Å². The number of anilines is 2. The maximum atomic E-state index is 11.9. The molecular formula is C16H20N2O3. The molecule has 2 aromatic rings. The van der Waals surface area contributed by atoms with E-state index in [1.165, 1.54) is 0 Å². The van der Waals surface area contributed by atoms with Crippen LogP contribution in [-0.4, -0.2) is 19.6 Å². The van der Waals surface area contributed by atoms with Gasteiger partial charge >= 0.3 is 5.97 Å². The molecule has 21 heavy (non-hydrogen) atoms. The van der Waals surface area contributed by atoms with Crippen LogP contribution in [-0.2, 0) is 11.3 Å². The summed E-state index contributed by atoms with van der Waals surface area (Å²) < 4.78 is 10.3. The van der Waals surface area contributed by atoms with Gasteiger partial charge < -0.3 is 19.8 Å². The molecule has 0 unspecified atom stereocenters. The number of aryl methyl sites for hydroxylation is 1. The van der Waals surface area contributed by atoms with Crippen molar-refractivity contribution < 1.29 is 13.9 Å². The van der Waals surface area contributed by atoms with Crippen LogP contribution in [0.25, 0.3) is 0 Å². The molecule has 0 aliphatic heterocycles. The zero-order valence-electron chi connectivity index (χ0n) is 12.6. The first-order valence-corrected chi connectivity index (χ1v) is 6.84. The maximum Gasteiger partial charge on any atom is 0.340 e. The fourth-order valence-corrected chi connectivity index (χ4v) is 2.19. The summed E-state index contributed by atoms with van der Waals surface area (Å²) in [6.45, 7) is 4.67. The Morgan fingerprint density at radius 1 is 1.38 bits per heavy atom. The average molecular weight is 288 g/mol. The van der Waals surface area contributed by atoms with Gasteiger partial charge in [0.05, 0.1) is 29.8 Å². The molecule has 1 aromatic heterocycles. The van der Waals surface area contributed by atoms with Crippen LogP contribution in [0.2, 0.25) is 0 Å². The first-order chi connectivity index (χ1) is 10.0. The second-order valence-corrected chi connectivity index (χ2v) is 4.82. The number of hydrogen-bond donors (Lipinski definition) is 1. The Balaban J connectivity index is 2.25. The molecule has 0 amide bonds. The number of nitrogen functional groups attached to an aromatic ring is 1. The minimum absolute atomic E-state index is 0.326. The molecule has 0 fully saturated rings. The molecule has 1 aromatic carbocycles. The van der Waals surface area contributed by atoms with E-state index in [9.17, 15) is 4.79 Å². The van der Waals surface area contributed by atoms with Crippen molar-refractivity contribution in [2.75, 3.05) is 24.3 Å². The fourth-order valence-electron chi connectivity index (χ4n) is 2.19. The Bertz CT molecular complexity index is 634. The lowest BCUT2D eigenvalue weighted by molar-refractivity contribution is 0.0527. The summed E-state index contributed by atoms with van der Waals surface area (Å²) in [5.74, 6) is 0.478. The highest BCUT2D eigenvalue weighted by Crippen LogP contribution is 2.28. The molecule has 5 heteroatoms. The topological polar surface area (TPSA) is 68.7 Å². The predicted molar refractivity (Wildman–Crippen MR) is 82.4 cm³/mol. The summed E-state index contributed by atoms with van der Waals surface area (Å²) >= 11 is 0. The van der Waals surface area contributed by atoms with Crippen LogP contribution in [0.15, 0.2) is 34.9 Å². The van der Waals surface area contributed by atoms with E-state index in [1.54, 1.807) is 25.3 Å². The first-order valence-electron chi connectivity index (χ1n) is 6.84. The number of ether oxygens (including phenoxy) is 1. The van der Waals surface area contributed by atoms with Gasteiger partial charge in [-0.25, -0.2) is 4.79 Å². The summed E-state index contributed by atoms with van der Waals surface area (Å²) in [7, 11) is 1.92. The Morgan fingerprint density at radius 2 is 2.14 bits per heavy atom. The average Bonchev–Trinajstić information content (AvgIpc) is 2.84. The van der Waals surface area contributed by atoms with Gasteiger partial charge in [0.1, 0.15) is 5.76 Å². The van der Waals surface area contributed by atoms with E-state index in [1.807, 2.05) is 31.0 Å². The number of nitrogens with zero attached hydrogens (tertiary/aromatic N) is 1. The largest absolute Gasteiger partial charge is 0.469 e. The van der Waals surface area contributed by atoms with Gasteiger partial charge in [-0.05, 0) is 32.0 Å². The quantitative estimate of drug-likeness (QED) is 0.676. The number of carbonyl (C=O) groups is 1. The molecule has 0 radical (unpaired) electrons. The Kier molecular flexibility index (Phi) is 4.52. The van der Waals surface area contributed by atoms with Crippen molar-refractivity contribution in [3.05, 3.63) is 47.4 Å². The lowest BCUT2D eigenvalue weighted by Crippen LogP contribution is -2.19. The third-order valence-corrected chi connectivity index (χ3v) is 3.36. The lowest BCUT2D eigenvalue weighted by Gasteiger charge is -2.22. The Hall–Kier alpha value is -2.43. The number of nitrogens with two attached hydrogens (primary N) is 1. The van der Waals surface area contributed by atoms with Crippen molar-refractivity contribution in [3.63, 3.8) is 0 Å². The molecule has 112 valence electrons. The minimum Gasteiger partial charge on any atom is -0.469 e. The standard InChI is InChI=1S/C16H20N2O3/c1-4-20-16(19)13-6-5-7-14(15(13)17)18(3)10-12-8-9-21-11(12)2/h5-9H,4,10,17H2,1-3H3. The number of furan rings is 1. The SMILES string of the molecule is CCOC(=O)c1cccc(N(C)Cc2ccoc2C)c1N. The summed E-state index contributed by atoms with van der Waals surface area (Å²) in [5, 5.41) is 0. The van der Waals surface area contributed by atoms with Crippen LogP contribution >= 0.6 is 0 Å². The second-order valence-electron chi connectivity index (χ2n) is 4.82. The minimum atomic E-state index is -0.398. The number of rotatable bonds is 5. The molecular weight excluding hydrogens is 268 g/mol. The van der Waals surface area contributed by atoms with Crippen LogP contribution in [0, 0.1) is 6.92 Å². The van der Waals surface area contributed by atoms with Crippen molar-refractivity contribution in [1.82, 2.24) is 0 Å². The van der Waals surface area contributed by atoms with E-state index in [0.717, 1.165) is 17.0 Å². The number of benzene rings is 1. The Morgan fingerprint density at radius 3 is 2.76 bits per heavy atom. The van der Waals surface area contributed by atoms with Gasteiger partial charge in [-0.1, -0.05) is 6.07 Å². The highest BCUT2D eigenvalue weighted by molar-refractivity contribution is 5.98. The van der Waals surface area contributed by atoms with E-state index in [4.69, 9.17) is 14.9 Å². The number of carbonyl (C=O) groups excluding carboxylic acids is 1. The summed E-state index contributed by atoms with van der Waals surface area (Å²) in [6.07, 6.45) is 1.66. The van der Waals surface area contributed by atoms with Crippen LogP contribution in [0.3, 0.4) is 0 Å². The molecule has 1 heterocycles. The number of esters is 1. The second kappa shape index (κ2) is 6.35. The van der Waals surface area contributed by atoms with Crippen molar-refractivity contribution in [2.45, 2.75) is 20.4 Å². The fraction of sp³-hybridized carbons (Fsp3) is 0.312. The van der Waals surface area contributed by atoms with Gasteiger partial charge in [0, 0.05) is 19.2 Å². The number of para-hydroxylation sites is 1. The van der Waals surface area contributed by atoms with Crippen molar-refractivity contribution in [2.24, 2.45) is 0 Å². The molecule has 0 atom stereocenters. The van der Waals surface area contributed by atoms with E-state index in [2.05, 4.69) is 0 Å². The van der Waals surface area contributed by atoms with Crippen LogP contribution < -0.4 is 10.6 Å². The molecule has 2 N–H and O–H groups in total. The summed E-state index contributed by atoms with van der Waals surface area (Å²) in [6, 6.07) is 7.29. The zero-order valence-corrected chi connectivity index (χ0v) is 12.6. The van der Waals surface area contributed by atoms with Gasteiger partial charge in [0.2, 0.25) is 0 Å². The van der Waals surface area contributed by atoms with E-state index < -0.39 is 5.97 Å².